The minimum absolute atomic E-state index is 0.276. The third-order valence-corrected chi connectivity index (χ3v) is 3.61. The summed E-state index contributed by atoms with van der Waals surface area (Å²) in [6, 6.07) is 1.12. The summed E-state index contributed by atoms with van der Waals surface area (Å²) >= 11 is 0. The van der Waals surface area contributed by atoms with E-state index in [0.29, 0.717) is 26.2 Å². The molecular formula is C16H19F3N2O2. The second-order valence-electron chi connectivity index (χ2n) is 5.27. The van der Waals surface area contributed by atoms with Crippen molar-refractivity contribution in [3.63, 3.8) is 0 Å². The minimum atomic E-state index is -1.49. The monoisotopic (exact) mass is 328 g/mol. The molecule has 1 aliphatic rings. The number of benzene rings is 1. The molecule has 1 N–H and O–H groups in total. The molecule has 0 saturated carbocycles. The lowest BCUT2D eigenvalue weighted by atomic mass is 10.1. The summed E-state index contributed by atoms with van der Waals surface area (Å²) in [6.07, 6.45) is 1.61. The number of carbonyl (C=O) groups is 1. The molecule has 1 unspecified atom stereocenters. The predicted molar refractivity (Wildman–Crippen MR) is 79.3 cm³/mol. The molecule has 23 heavy (non-hydrogen) atoms. The first-order chi connectivity index (χ1) is 11.0. The first kappa shape index (κ1) is 17.5. The molecule has 0 amide bonds. The van der Waals surface area contributed by atoms with E-state index in [-0.39, 0.29) is 17.6 Å². The van der Waals surface area contributed by atoms with E-state index >= 15 is 0 Å². The summed E-state index contributed by atoms with van der Waals surface area (Å²) in [6.45, 7) is 6.89. The summed E-state index contributed by atoms with van der Waals surface area (Å²) < 4.78 is 44.9. The first-order valence-electron chi connectivity index (χ1n) is 7.37. The molecule has 1 aromatic rings. The summed E-state index contributed by atoms with van der Waals surface area (Å²) in [5.41, 5.74) is 0.276. The van der Waals surface area contributed by atoms with Crippen LogP contribution in [0.1, 0.15) is 18.5 Å². The molecule has 1 heterocycles. The van der Waals surface area contributed by atoms with Gasteiger partial charge in [0.2, 0.25) is 0 Å². The fourth-order valence-electron chi connectivity index (χ4n) is 2.36. The fraction of sp³-hybridized carbons (Fsp3) is 0.438. The van der Waals surface area contributed by atoms with Crippen molar-refractivity contribution in [1.29, 1.82) is 0 Å². The molecule has 1 fully saturated rings. The SMILES string of the molecule is C=CCN[C@H](CN1C[C@H]1C(=O)OCC)c1cc(F)c(F)c(F)c1. The van der Waals surface area contributed by atoms with Gasteiger partial charge in [-0.2, -0.15) is 0 Å². The van der Waals surface area contributed by atoms with Crippen molar-refractivity contribution in [2.45, 2.75) is 19.0 Å². The molecule has 0 bridgehead atoms. The number of carbonyl (C=O) groups excluding carboxylic acids is 1. The van der Waals surface area contributed by atoms with E-state index in [2.05, 4.69) is 11.9 Å². The largest absolute Gasteiger partial charge is 0.465 e. The van der Waals surface area contributed by atoms with Crippen LogP contribution in [0, 0.1) is 17.5 Å². The fourth-order valence-corrected chi connectivity index (χ4v) is 2.36. The Hall–Kier alpha value is -1.86. The van der Waals surface area contributed by atoms with E-state index in [9.17, 15) is 18.0 Å². The summed E-state index contributed by atoms with van der Waals surface area (Å²) in [5, 5.41) is 3.05. The molecule has 2 rings (SSSR count). The molecule has 0 spiro atoms. The number of nitrogens with zero attached hydrogens (tertiary/aromatic N) is 1. The minimum Gasteiger partial charge on any atom is -0.465 e. The molecular weight excluding hydrogens is 309 g/mol. The van der Waals surface area contributed by atoms with Crippen LogP contribution in [0.5, 0.6) is 0 Å². The van der Waals surface area contributed by atoms with Crippen molar-refractivity contribution in [3.05, 3.63) is 47.8 Å². The van der Waals surface area contributed by atoms with Gasteiger partial charge in [-0.15, -0.1) is 6.58 Å². The second-order valence-corrected chi connectivity index (χ2v) is 5.27. The van der Waals surface area contributed by atoms with Crippen LogP contribution < -0.4 is 5.32 Å². The lowest BCUT2D eigenvalue weighted by Gasteiger charge is -2.20. The number of halogens is 3. The molecule has 126 valence electrons. The van der Waals surface area contributed by atoms with Gasteiger partial charge in [0.15, 0.2) is 17.5 Å². The Balaban J connectivity index is 2.09. The molecule has 3 atom stereocenters. The topological polar surface area (TPSA) is 41.3 Å². The van der Waals surface area contributed by atoms with E-state index in [4.69, 9.17) is 4.74 Å². The van der Waals surface area contributed by atoms with Crippen LogP contribution in [0.2, 0.25) is 0 Å². The molecule has 0 aliphatic carbocycles. The van der Waals surface area contributed by atoms with E-state index < -0.39 is 23.5 Å². The van der Waals surface area contributed by atoms with E-state index in [0.717, 1.165) is 12.1 Å². The van der Waals surface area contributed by atoms with Crippen molar-refractivity contribution in [1.82, 2.24) is 10.2 Å². The highest BCUT2D eigenvalue weighted by atomic mass is 19.2. The molecule has 0 aromatic heterocycles. The molecule has 4 nitrogen and oxygen atoms in total. The summed E-state index contributed by atoms with van der Waals surface area (Å²) in [7, 11) is 0. The Morgan fingerprint density at radius 1 is 1.48 bits per heavy atom. The summed E-state index contributed by atoms with van der Waals surface area (Å²) in [4.78, 5) is 13.4. The Morgan fingerprint density at radius 3 is 2.70 bits per heavy atom. The van der Waals surface area contributed by atoms with Gasteiger partial charge in [0.25, 0.3) is 0 Å². The van der Waals surface area contributed by atoms with Gasteiger partial charge in [-0.05, 0) is 24.6 Å². The maximum Gasteiger partial charge on any atom is 0.324 e. The maximum atomic E-state index is 13.4. The first-order valence-corrected chi connectivity index (χ1v) is 7.37. The van der Waals surface area contributed by atoms with Gasteiger partial charge in [0.05, 0.1) is 6.61 Å². The highest BCUT2D eigenvalue weighted by Gasteiger charge is 2.42. The Kier molecular flexibility index (Phi) is 5.79. The number of hydrogen-bond acceptors (Lipinski definition) is 4. The lowest BCUT2D eigenvalue weighted by Crippen LogP contribution is -2.30. The molecule has 1 aliphatic heterocycles. The van der Waals surface area contributed by atoms with E-state index in [1.54, 1.807) is 13.0 Å². The van der Waals surface area contributed by atoms with Crippen LogP contribution in [0.4, 0.5) is 13.2 Å². The zero-order valence-electron chi connectivity index (χ0n) is 12.8. The molecule has 1 aromatic carbocycles. The van der Waals surface area contributed by atoms with Gasteiger partial charge < -0.3 is 10.1 Å². The standard InChI is InChI=1S/C16H19F3N2O2/c1-3-5-20-13(8-21-9-14(21)16(22)23-4-2)10-6-11(17)15(19)12(18)7-10/h3,6-7,13-14,20H,1,4-5,8-9H2,2H3/t13-,14+,21?/m1/s1. The van der Waals surface area contributed by atoms with Crippen molar-refractivity contribution in [2.24, 2.45) is 0 Å². The highest BCUT2D eigenvalue weighted by Crippen LogP contribution is 2.26. The maximum absolute atomic E-state index is 13.4. The number of rotatable bonds is 8. The van der Waals surface area contributed by atoms with Crippen LogP contribution >= 0.6 is 0 Å². The van der Waals surface area contributed by atoms with Crippen LogP contribution in [0.15, 0.2) is 24.8 Å². The Morgan fingerprint density at radius 2 is 2.13 bits per heavy atom. The Labute approximate surface area is 132 Å². The molecule has 0 radical (unpaired) electrons. The van der Waals surface area contributed by atoms with Crippen LogP contribution in [0.25, 0.3) is 0 Å². The quantitative estimate of drug-likeness (QED) is 0.344. The average Bonchev–Trinajstić information content (AvgIpc) is 3.28. The number of esters is 1. The Bertz CT molecular complexity index is 572. The number of nitrogens with one attached hydrogen (secondary N) is 1. The van der Waals surface area contributed by atoms with Gasteiger partial charge in [-0.1, -0.05) is 6.08 Å². The second kappa shape index (κ2) is 7.61. The van der Waals surface area contributed by atoms with Crippen LogP contribution in [-0.4, -0.2) is 43.2 Å². The van der Waals surface area contributed by atoms with Crippen molar-refractivity contribution in [3.8, 4) is 0 Å². The van der Waals surface area contributed by atoms with Crippen molar-refractivity contribution >= 4 is 5.97 Å². The zero-order chi connectivity index (χ0) is 17.0. The van der Waals surface area contributed by atoms with Gasteiger partial charge in [0, 0.05) is 25.7 Å². The molecule has 1 saturated heterocycles. The van der Waals surface area contributed by atoms with Crippen molar-refractivity contribution in [2.75, 3.05) is 26.2 Å². The zero-order valence-corrected chi connectivity index (χ0v) is 12.8. The third kappa shape index (κ3) is 4.33. The van der Waals surface area contributed by atoms with Crippen LogP contribution in [0.3, 0.4) is 0 Å². The third-order valence-electron chi connectivity index (χ3n) is 3.61. The normalized spacial score (nSPS) is 20.9. The van der Waals surface area contributed by atoms with Gasteiger partial charge in [0.1, 0.15) is 6.04 Å². The molecule has 7 heteroatoms. The highest BCUT2D eigenvalue weighted by molar-refractivity contribution is 5.79. The van der Waals surface area contributed by atoms with Gasteiger partial charge >= 0.3 is 5.97 Å². The predicted octanol–water partition coefficient (Wildman–Crippen LogP) is 2.17. The number of hydrogen-bond donors (Lipinski definition) is 1. The lowest BCUT2D eigenvalue weighted by molar-refractivity contribution is -0.143. The van der Waals surface area contributed by atoms with Crippen molar-refractivity contribution < 1.29 is 22.7 Å². The van der Waals surface area contributed by atoms with E-state index in [1.807, 2.05) is 4.90 Å². The number of ether oxygens (including phenoxy) is 1. The summed E-state index contributed by atoms with van der Waals surface area (Å²) in [5.74, 6) is -4.28. The smallest absolute Gasteiger partial charge is 0.324 e. The van der Waals surface area contributed by atoms with Gasteiger partial charge in [-0.25, -0.2) is 13.2 Å². The average molecular weight is 328 g/mol. The van der Waals surface area contributed by atoms with Gasteiger partial charge in [-0.3, -0.25) is 9.69 Å². The van der Waals surface area contributed by atoms with E-state index in [1.165, 1.54) is 0 Å². The van der Waals surface area contributed by atoms with Crippen LogP contribution in [-0.2, 0) is 9.53 Å².